The van der Waals surface area contributed by atoms with Crippen LogP contribution in [0.5, 0.6) is 0 Å². The molecule has 0 N–H and O–H groups in total. The summed E-state index contributed by atoms with van der Waals surface area (Å²) in [6.07, 6.45) is 21.0. The van der Waals surface area contributed by atoms with Crippen molar-refractivity contribution >= 4 is 11.9 Å². The topological polar surface area (TPSA) is 108 Å². The normalized spacial score (nSPS) is 30.9. The van der Waals surface area contributed by atoms with E-state index in [1.807, 2.05) is 0 Å². The minimum absolute atomic E-state index is 0.00787. The minimum Gasteiger partial charge on any atom is -0.463 e. The lowest BCUT2D eigenvalue weighted by atomic mass is 9.69. The van der Waals surface area contributed by atoms with Crippen LogP contribution in [0.15, 0.2) is 25.5 Å². The van der Waals surface area contributed by atoms with Gasteiger partial charge in [0, 0.05) is 19.3 Å². The summed E-state index contributed by atoms with van der Waals surface area (Å²) >= 11 is 0. The van der Waals surface area contributed by atoms with Gasteiger partial charge in [-0.15, -0.1) is 0 Å². The summed E-state index contributed by atoms with van der Waals surface area (Å²) in [5.74, 6) is 0.872. The average Bonchev–Trinajstić information content (AvgIpc) is 3.10. The Balaban J connectivity index is 0.993. The summed E-state index contributed by atoms with van der Waals surface area (Å²) in [7, 11) is 0. The summed E-state index contributed by atoms with van der Waals surface area (Å²) in [5.41, 5.74) is 0. The van der Waals surface area contributed by atoms with Crippen molar-refractivity contribution in [3.05, 3.63) is 25.5 Å². The predicted octanol–water partition coefficient (Wildman–Crippen LogP) is 7.14. The molecule has 4 aliphatic rings. The fraction of sp³-hybridized carbons (Fsp3) is 0.838. The van der Waals surface area contributed by atoms with Gasteiger partial charge in [0.15, 0.2) is 0 Å². The third-order valence-electron chi connectivity index (χ3n) is 10.5. The third-order valence-corrected chi connectivity index (χ3v) is 10.5. The van der Waals surface area contributed by atoms with Gasteiger partial charge in [0.2, 0.25) is 0 Å². The van der Waals surface area contributed by atoms with E-state index in [0.717, 1.165) is 122 Å². The van der Waals surface area contributed by atoms with E-state index in [9.17, 15) is 9.59 Å². The number of hydrogen-bond acceptors (Lipinski definition) is 10. The maximum Gasteiger partial charge on any atom is 0.330 e. The van der Waals surface area contributed by atoms with Gasteiger partial charge < -0.3 is 33.3 Å². The van der Waals surface area contributed by atoms with Gasteiger partial charge in [-0.1, -0.05) is 13.2 Å². The molecule has 47 heavy (non-hydrogen) atoms. The molecule has 0 amide bonds. The highest BCUT2D eigenvalue weighted by molar-refractivity contribution is 5.81. The maximum absolute atomic E-state index is 13.0. The molecular weight excluding hydrogens is 604 g/mol. The number of ether oxygens (including phenoxy) is 6. The summed E-state index contributed by atoms with van der Waals surface area (Å²) in [4.78, 5) is 33.7. The van der Waals surface area contributed by atoms with E-state index >= 15 is 0 Å². The second-order valence-electron chi connectivity index (χ2n) is 13.8. The molecule has 4 fully saturated rings. The van der Waals surface area contributed by atoms with Crippen LogP contribution < -0.4 is 0 Å². The second-order valence-corrected chi connectivity index (χ2v) is 13.8. The van der Waals surface area contributed by atoms with Gasteiger partial charge in [-0.2, -0.15) is 4.89 Å². The molecule has 268 valence electrons. The Hall–Kier alpha value is -1.98. The van der Waals surface area contributed by atoms with E-state index in [4.69, 9.17) is 33.3 Å². The molecular formula is C37H60O10. The number of unbranched alkanes of at least 4 members (excludes halogenated alkanes) is 2. The van der Waals surface area contributed by atoms with Crippen LogP contribution in [0.4, 0.5) is 0 Å². The lowest BCUT2D eigenvalue weighted by molar-refractivity contribution is -0.249. The van der Waals surface area contributed by atoms with Crippen molar-refractivity contribution in [2.24, 2.45) is 17.8 Å². The Labute approximate surface area is 282 Å². The van der Waals surface area contributed by atoms with Crippen molar-refractivity contribution in [1.82, 2.24) is 0 Å². The van der Waals surface area contributed by atoms with Crippen LogP contribution in [-0.4, -0.2) is 75.7 Å². The minimum atomic E-state index is -0.384. The van der Waals surface area contributed by atoms with Crippen LogP contribution in [0.3, 0.4) is 0 Å². The SMILES string of the molecule is C=COOCCCCOC1CCC(OCOC2CCC3CC(OC(=O)C4CCC(OCCCCOC(=O)C=C)CC4)CCC3C2)CC1. The van der Waals surface area contributed by atoms with Crippen molar-refractivity contribution in [2.75, 3.05) is 33.2 Å². The smallest absolute Gasteiger partial charge is 0.330 e. The van der Waals surface area contributed by atoms with Gasteiger partial charge in [-0.25, -0.2) is 4.79 Å². The largest absolute Gasteiger partial charge is 0.463 e. The van der Waals surface area contributed by atoms with Crippen molar-refractivity contribution < 1.29 is 47.8 Å². The Bertz CT molecular complexity index is 911. The van der Waals surface area contributed by atoms with Gasteiger partial charge >= 0.3 is 11.9 Å². The first-order chi connectivity index (χ1) is 23.0. The highest BCUT2D eigenvalue weighted by Crippen LogP contribution is 2.43. The van der Waals surface area contributed by atoms with E-state index in [0.29, 0.717) is 44.6 Å². The molecule has 0 radical (unpaired) electrons. The molecule has 4 rings (SSSR count). The lowest BCUT2D eigenvalue weighted by Gasteiger charge is -2.42. The monoisotopic (exact) mass is 664 g/mol. The van der Waals surface area contributed by atoms with Gasteiger partial charge in [-0.3, -0.25) is 4.79 Å². The van der Waals surface area contributed by atoms with Crippen LogP contribution in [-0.2, 0) is 47.8 Å². The number of rotatable bonds is 21. The van der Waals surface area contributed by atoms with Crippen molar-refractivity contribution in [3.8, 4) is 0 Å². The van der Waals surface area contributed by atoms with Gasteiger partial charge in [0.25, 0.3) is 0 Å². The standard InChI is InChI=1S/C37H60O10/c1-3-36(38)42-23-6-5-21-40-31-13-9-28(10-14-31)37(39)47-35-16-12-29-25-34(15-11-30(29)26-35)44-27-43-33-19-17-32(18-20-33)41-22-7-8-24-46-45-4-2/h3-4,28-35H,1-2,5-27H2. The Morgan fingerprint density at radius 3 is 1.72 bits per heavy atom. The molecule has 0 aliphatic heterocycles. The average molecular weight is 665 g/mol. The van der Waals surface area contributed by atoms with Crippen molar-refractivity contribution in [3.63, 3.8) is 0 Å². The lowest BCUT2D eigenvalue weighted by Crippen LogP contribution is -2.38. The van der Waals surface area contributed by atoms with E-state index in [-0.39, 0.29) is 42.3 Å². The second kappa shape index (κ2) is 21.9. The molecule has 4 aliphatic carbocycles. The van der Waals surface area contributed by atoms with Crippen molar-refractivity contribution in [2.45, 2.75) is 146 Å². The molecule has 10 nitrogen and oxygen atoms in total. The van der Waals surface area contributed by atoms with Crippen LogP contribution in [0.25, 0.3) is 0 Å². The fourth-order valence-corrected chi connectivity index (χ4v) is 7.68. The van der Waals surface area contributed by atoms with E-state index in [1.165, 1.54) is 12.3 Å². The molecule has 0 spiro atoms. The Kier molecular flexibility index (Phi) is 17.6. The van der Waals surface area contributed by atoms with Gasteiger partial charge in [-0.05, 0) is 127 Å². The fourth-order valence-electron chi connectivity index (χ4n) is 7.68. The van der Waals surface area contributed by atoms with Gasteiger partial charge in [0.1, 0.15) is 19.2 Å². The Morgan fingerprint density at radius 1 is 0.574 bits per heavy atom. The van der Waals surface area contributed by atoms with E-state index < -0.39 is 0 Å². The molecule has 10 heteroatoms. The highest BCUT2D eigenvalue weighted by atomic mass is 17.2. The summed E-state index contributed by atoms with van der Waals surface area (Å²) in [6.45, 7) is 9.56. The third kappa shape index (κ3) is 14.2. The molecule has 4 unspecified atom stereocenters. The molecule has 4 saturated carbocycles. The zero-order valence-electron chi connectivity index (χ0n) is 28.5. The number of esters is 2. The van der Waals surface area contributed by atoms with Crippen LogP contribution >= 0.6 is 0 Å². The van der Waals surface area contributed by atoms with Crippen LogP contribution in [0.2, 0.25) is 0 Å². The molecule has 4 atom stereocenters. The first-order valence-electron chi connectivity index (χ1n) is 18.4. The van der Waals surface area contributed by atoms with Crippen LogP contribution in [0.1, 0.15) is 116 Å². The van der Waals surface area contributed by atoms with Gasteiger partial charge in [0.05, 0.1) is 43.5 Å². The van der Waals surface area contributed by atoms with E-state index in [1.54, 1.807) is 0 Å². The molecule has 0 aromatic heterocycles. The van der Waals surface area contributed by atoms with Crippen LogP contribution in [0, 0.1) is 17.8 Å². The molecule has 0 bridgehead atoms. The maximum atomic E-state index is 13.0. The molecule has 0 aromatic rings. The zero-order valence-corrected chi connectivity index (χ0v) is 28.5. The summed E-state index contributed by atoms with van der Waals surface area (Å²) in [5, 5.41) is 0. The van der Waals surface area contributed by atoms with E-state index in [2.05, 4.69) is 18.0 Å². The Morgan fingerprint density at radius 2 is 1.09 bits per heavy atom. The molecule has 0 saturated heterocycles. The summed E-state index contributed by atoms with van der Waals surface area (Å²) in [6, 6.07) is 0. The molecule has 0 heterocycles. The number of fused-ring (bicyclic) bond motifs is 1. The number of hydrogen-bond donors (Lipinski definition) is 0. The quantitative estimate of drug-likeness (QED) is 0.0239. The molecule has 0 aromatic carbocycles. The zero-order chi connectivity index (χ0) is 33.1. The predicted molar refractivity (Wildman–Crippen MR) is 176 cm³/mol. The first-order valence-corrected chi connectivity index (χ1v) is 18.4. The first kappa shape index (κ1) is 37.8. The number of carbonyl (C=O) groups is 2. The number of carbonyl (C=O) groups excluding carboxylic acids is 2. The summed E-state index contributed by atoms with van der Waals surface area (Å²) < 4.78 is 35.4. The van der Waals surface area contributed by atoms with Crippen molar-refractivity contribution in [1.29, 1.82) is 0 Å². The highest BCUT2D eigenvalue weighted by Gasteiger charge is 2.38.